The van der Waals surface area contributed by atoms with Crippen LogP contribution in [0.2, 0.25) is 0 Å². The molecule has 0 atom stereocenters. The number of hydrogen-bond donors (Lipinski definition) is 0. The van der Waals surface area contributed by atoms with Crippen LogP contribution in [-0.4, -0.2) is 0 Å². The molecule has 0 aliphatic rings. The molecule has 1 aromatic carbocycles. The summed E-state index contributed by atoms with van der Waals surface area (Å²) < 4.78 is 0. The van der Waals surface area contributed by atoms with Crippen molar-refractivity contribution in [2.75, 3.05) is 0 Å². The molecule has 14 heavy (non-hydrogen) atoms. The maximum Gasteiger partial charge on any atom is -0.00805 e. The smallest absolute Gasteiger partial charge is 0.00805 e. The van der Waals surface area contributed by atoms with Crippen molar-refractivity contribution in [1.82, 2.24) is 0 Å². The van der Waals surface area contributed by atoms with Crippen LogP contribution in [0, 0.1) is 0 Å². The molecule has 0 heteroatoms. The second-order valence-corrected chi connectivity index (χ2v) is 4.32. The molecule has 0 radical (unpaired) electrons. The van der Waals surface area contributed by atoms with Crippen LogP contribution in [0.15, 0.2) is 24.3 Å². The fraction of sp³-hybridized carbons (Fsp3) is 0.571. The Balaban J connectivity index is 2.95. The summed E-state index contributed by atoms with van der Waals surface area (Å²) in [6, 6.07) is 9.12. The van der Waals surface area contributed by atoms with Gasteiger partial charge in [0.2, 0.25) is 0 Å². The van der Waals surface area contributed by atoms with Crippen LogP contribution < -0.4 is 0 Å². The predicted octanol–water partition coefficient (Wildman–Crippen LogP) is 4.33. The summed E-state index contributed by atoms with van der Waals surface area (Å²) in [5, 5.41) is 0. The van der Waals surface area contributed by atoms with Crippen molar-refractivity contribution in [2.24, 2.45) is 0 Å². The molecule has 0 aliphatic carbocycles. The summed E-state index contributed by atoms with van der Waals surface area (Å²) in [6.45, 7) is 9.11. The summed E-state index contributed by atoms with van der Waals surface area (Å²) in [5.74, 6) is 0. The fourth-order valence-corrected chi connectivity index (χ4v) is 1.80. The number of rotatable bonds is 4. The van der Waals surface area contributed by atoms with E-state index in [0.717, 1.165) is 6.42 Å². The second-order valence-electron chi connectivity index (χ2n) is 4.32. The number of aryl methyl sites for hydroxylation is 1. The Morgan fingerprint density at radius 3 is 1.79 bits per heavy atom. The zero-order chi connectivity index (χ0) is 10.6. The third-order valence-corrected chi connectivity index (χ3v) is 3.62. The van der Waals surface area contributed by atoms with Crippen LogP contribution in [0.4, 0.5) is 0 Å². The predicted molar refractivity (Wildman–Crippen MR) is 63.8 cm³/mol. The Hall–Kier alpha value is -0.780. The molecule has 78 valence electrons. The van der Waals surface area contributed by atoms with Crippen molar-refractivity contribution >= 4 is 0 Å². The maximum absolute atomic E-state index is 2.36. The highest BCUT2D eigenvalue weighted by molar-refractivity contribution is 5.28. The van der Waals surface area contributed by atoms with Gasteiger partial charge in [0.1, 0.15) is 0 Å². The van der Waals surface area contributed by atoms with Gasteiger partial charge in [0.05, 0.1) is 0 Å². The first-order valence-electron chi connectivity index (χ1n) is 5.75. The Kier molecular flexibility index (Phi) is 3.74. The van der Waals surface area contributed by atoms with E-state index in [0.29, 0.717) is 5.41 Å². The van der Waals surface area contributed by atoms with Gasteiger partial charge in [-0.25, -0.2) is 0 Å². The topological polar surface area (TPSA) is 0 Å². The average Bonchev–Trinajstić information content (AvgIpc) is 2.28. The van der Waals surface area contributed by atoms with Crippen molar-refractivity contribution < 1.29 is 0 Å². The van der Waals surface area contributed by atoms with E-state index >= 15 is 0 Å². The molecule has 1 rings (SSSR count). The van der Waals surface area contributed by atoms with Gasteiger partial charge < -0.3 is 0 Å². The van der Waals surface area contributed by atoms with Crippen LogP contribution in [0.3, 0.4) is 0 Å². The lowest BCUT2D eigenvalue weighted by Gasteiger charge is -2.27. The molecule has 0 aliphatic heterocycles. The van der Waals surface area contributed by atoms with E-state index in [9.17, 15) is 0 Å². The highest BCUT2D eigenvalue weighted by atomic mass is 14.3. The Labute approximate surface area is 88.4 Å². The molecular formula is C14H22. The van der Waals surface area contributed by atoms with Crippen LogP contribution in [0.25, 0.3) is 0 Å². The zero-order valence-corrected chi connectivity index (χ0v) is 9.93. The third kappa shape index (κ3) is 2.17. The molecule has 0 nitrogen and oxygen atoms in total. The first kappa shape index (κ1) is 11.3. The van der Waals surface area contributed by atoms with Gasteiger partial charge in [0, 0.05) is 0 Å². The van der Waals surface area contributed by atoms with Gasteiger partial charge in [-0.3, -0.25) is 0 Å². The quantitative estimate of drug-likeness (QED) is 0.663. The van der Waals surface area contributed by atoms with Crippen molar-refractivity contribution in [1.29, 1.82) is 0 Å². The summed E-state index contributed by atoms with van der Waals surface area (Å²) >= 11 is 0. The molecular weight excluding hydrogens is 168 g/mol. The summed E-state index contributed by atoms with van der Waals surface area (Å²) in [4.78, 5) is 0. The lowest BCUT2D eigenvalue weighted by molar-refractivity contribution is 0.439. The van der Waals surface area contributed by atoms with E-state index in [1.165, 1.54) is 24.0 Å². The van der Waals surface area contributed by atoms with Crippen molar-refractivity contribution in [2.45, 2.75) is 52.4 Å². The lowest BCUT2D eigenvalue weighted by Crippen LogP contribution is -2.19. The average molecular weight is 190 g/mol. The van der Waals surface area contributed by atoms with E-state index in [-0.39, 0.29) is 0 Å². The highest BCUT2D eigenvalue weighted by Gasteiger charge is 2.21. The van der Waals surface area contributed by atoms with Gasteiger partial charge in [0.25, 0.3) is 0 Å². The molecule has 0 unspecified atom stereocenters. The van der Waals surface area contributed by atoms with Gasteiger partial charge in [-0.2, -0.15) is 0 Å². The third-order valence-electron chi connectivity index (χ3n) is 3.62. The summed E-state index contributed by atoms with van der Waals surface area (Å²) in [7, 11) is 0. The minimum atomic E-state index is 0.367. The Bertz CT molecular complexity index is 265. The van der Waals surface area contributed by atoms with Gasteiger partial charge in [-0.15, -0.1) is 0 Å². The molecule has 0 heterocycles. The SMILES string of the molecule is CCc1ccc(C(C)(CC)CC)cc1. The van der Waals surface area contributed by atoms with Crippen molar-refractivity contribution in [3.05, 3.63) is 35.4 Å². The molecule has 1 aromatic rings. The minimum absolute atomic E-state index is 0.367. The Morgan fingerprint density at radius 1 is 0.929 bits per heavy atom. The van der Waals surface area contributed by atoms with E-state index < -0.39 is 0 Å². The van der Waals surface area contributed by atoms with Gasteiger partial charge in [-0.1, -0.05) is 52.0 Å². The van der Waals surface area contributed by atoms with E-state index in [1.807, 2.05) is 0 Å². The van der Waals surface area contributed by atoms with Gasteiger partial charge >= 0.3 is 0 Å². The number of benzene rings is 1. The maximum atomic E-state index is 2.36. The first-order valence-corrected chi connectivity index (χ1v) is 5.75. The Morgan fingerprint density at radius 2 is 1.43 bits per heavy atom. The van der Waals surface area contributed by atoms with Gasteiger partial charge in [-0.05, 0) is 35.8 Å². The number of hydrogen-bond acceptors (Lipinski definition) is 0. The van der Waals surface area contributed by atoms with Crippen molar-refractivity contribution in [3.63, 3.8) is 0 Å². The zero-order valence-electron chi connectivity index (χ0n) is 9.93. The second kappa shape index (κ2) is 4.63. The van der Waals surface area contributed by atoms with Crippen molar-refractivity contribution in [3.8, 4) is 0 Å². The summed E-state index contributed by atoms with van der Waals surface area (Å²) in [6.07, 6.45) is 3.57. The highest BCUT2D eigenvalue weighted by Crippen LogP contribution is 2.30. The molecule has 0 saturated heterocycles. The normalized spacial score (nSPS) is 11.7. The van der Waals surface area contributed by atoms with Crippen LogP contribution in [-0.2, 0) is 11.8 Å². The van der Waals surface area contributed by atoms with E-state index in [4.69, 9.17) is 0 Å². The molecule has 0 bridgehead atoms. The molecule has 0 amide bonds. The standard InChI is InChI=1S/C14H22/c1-5-12-8-10-13(11-9-12)14(4,6-2)7-3/h8-11H,5-7H2,1-4H3. The first-order chi connectivity index (χ1) is 6.66. The van der Waals surface area contributed by atoms with Gasteiger partial charge in [0.15, 0.2) is 0 Å². The molecule has 0 aromatic heterocycles. The van der Waals surface area contributed by atoms with Crippen LogP contribution in [0.5, 0.6) is 0 Å². The van der Waals surface area contributed by atoms with Crippen LogP contribution >= 0.6 is 0 Å². The summed E-state index contributed by atoms with van der Waals surface area (Å²) in [5.41, 5.74) is 3.29. The van der Waals surface area contributed by atoms with E-state index in [1.54, 1.807) is 0 Å². The molecule has 0 N–H and O–H groups in total. The monoisotopic (exact) mass is 190 g/mol. The largest absolute Gasteiger partial charge is 0.0645 e. The molecule has 0 saturated carbocycles. The molecule has 0 spiro atoms. The molecule has 0 fully saturated rings. The lowest BCUT2D eigenvalue weighted by atomic mass is 9.78. The fourth-order valence-electron chi connectivity index (χ4n) is 1.80. The van der Waals surface area contributed by atoms with E-state index in [2.05, 4.69) is 52.0 Å². The minimum Gasteiger partial charge on any atom is -0.0645 e. The van der Waals surface area contributed by atoms with Crippen LogP contribution in [0.1, 0.15) is 51.7 Å².